The maximum atomic E-state index is 4.99. The summed E-state index contributed by atoms with van der Waals surface area (Å²) in [4.78, 5) is 7.47. The molecule has 1 aliphatic heterocycles. The Labute approximate surface area is 126 Å². The summed E-state index contributed by atoms with van der Waals surface area (Å²) in [5.74, 6) is 1.19. The summed E-state index contributed by atoms with van der Waals surface area (Å²) in [5.41, 5.74) is 1.18. The Morgan fingerprint density at radius 1 is 1.10 bits per heavy atom. The van der Waals surface area contributed by atoms with Crippen LogP contribution in [-0.2, 0) is 6.54 Å². The second-order valence-electron chi connectivity index (χ2n) is 6.36. The van der Waals surface area contributed by atoms with E-state index in [2.05, 4.69) is 40.5 Å². The first-order valence-electron chi connectivity index (χ1n) is 8.27. The fourth-order valence-corrected chi connectivity index (χ4v) is 3.21. The molecule has 0 radical (unpaired) electrons. The van der Waals surface area contributed by atoms with E-state index < -0.39 is 0 Å². The molecule has 0 amide bonds. The third-order valence-electron chi connectivity index (χ3n) is 4.58. The van der Waals surface area contributed by atoms with Gasteiger partial charge in [0.05, 0.1) is 5.69 Å². The molecule has 4 rings (SSSR count). The summed E-state index contributed by atoms with van der Waals surface area (Å²) in [5, 5.41) is 6.21. The van der Waals surface area contributed by atoms with Crippen molar-refractivity contribution >= 4 is 16.6 Å². The topological polar surface area (TPSA) is 28.2 Å². The van der Waals surface area contributed by atoms with E-state index in [0.717, 1.165) is 25.7 Å². The molecule has 3 nitrogen and oxygen atoms in total. The first kappa shape index (κ1) is 13.1. The molecule has 3 heteroatoms. The van der Waals surface area contributed by atoms with Crippen LogP contribution in [0.25, 0.3) is 10.8 Å². The van der Waals surface area contributed by atoms with Gasteiger partial charge >= 0.3 is 0 Å². The van der Waals surface area contributed by atoms with E-state index in [1.807, 2.05) is 0 Å². The van der Waals surface area contributed by atoms with E-state index in [1.54, 1.807) is 0 Å². The predicted octanol–water partition coefficient (Wildman–Crippen LogP) is 3.48. The molecule has 1 saturated heterocycles. The minimum atomic E-state index is 0.733. The Morgan fingerprint density at radius 2 is 1.90 bits per heavy atom. The van der Waals surface area contributed by atoms with Crippen LogP contribution in [0, 0.1) is 0 Å². The van der Waals surface area contributed by atoms with E-state index >= 15 is 0 Å². The SMILES string of the molecule is c1ccc2c(N3CCCCC3)nc(CNC3CC3)cc2c1. The van der Waals surface area contributed by atoms with Gasteiger partial charge in [0.2, 0.25) is 0 Å². The number of pyridine rings is 1. The highest BCUT2D eigenvalue weighted by Gasteiger charge is 2.21. The third kappa shape index (κ3) is 2.88. The van der Waals surface area contributed by atoms with Crippen molar-refractivity contribution in [3.63, 3.8) is 0 Å². The third-order valence-corrected chi connectivity index (χ3v) is 4.58. The Hall–Kier alpha value is -1.61. The van der Waals surface area contributed by atoms with Gasteiger partial charge in [0, 0.05) is 31.1 Å². The van der Waals surface area contributed by atoms with Crippen LogP contribution in [0.2, 0.25) is 0 Å². The maximum absolute atomic E-state index is 4.99. The summed E-state index contributed by atoms with van der Waals surface area (Å²) in [6.07, 6.45) is 6.59. The number of hydrogen-bond acceptors (Lipinski definition) is 3. The molecule has 0 spiro atoms. The standard InChI is InChI=1S/C18H23N3/c1-4-10-21(11-5-1)18-17-7-3-2-6-14(17)12-16(20-18)13-19-15-8-9-15/h2-3,6-7,12,15,19H,1,4-5,8-11,13H2. The fraction of sp³-hybridized carbons (Fsp3) is 0.500. The van der Waals surface area contributed by atoms with Crippen LogP contribution in [0.15, 0.2) is 30.3 Å². The summed E-state index contributed by atoms with van der Waals surface area (Å²) in [7, 11) is 0. The van der Waals surface area contributed by atoms with E-state index in [0.29, 0.717) is 0 Å². The lowest BCUT2D eigenvalue weighted by molar-refractivity contribution is 0.573. The van der Waals surface area contributed by atoms with Crippen LogP contribution < -0.4 is 10.2 Å². The number of nitrogens with one attached hydrogen (secondary N) is 1. The van der Waals surface area contributed by atoms with Crippen LogP contribution in [0.4, 0.5) is 5.82 Å². The summed E-state index contributed by atoms with van der Waals surface area (Å²) >= 11 is 0. The van der Waals surface area contributed by atoms with Gasteiger partial charge in [-0.3, -0.25) is 0 Å². The monoisotopic (exact) mass is 281 g/mol. The molecule has 1 aromatic heterocycles. The molecular formula is C18H23N3. The molecule has 21 heavy (non-hydrogen) atoms. The second kappa shape index (κ2) is 5.64. The normalized spacial score (nSPS) is 19.1. The molecule has 0 atom stereocenters. The Morgan fingerprint density at radius 3 is 2.71 bits per heavy atom. The highest BCUT2D eigenvalue weighted by Crippen LogP contribution is 2.28. The van der Waals surface area contributed by atoms with Gasteiger partial charge in [-0.05, 0) is 43.6 Å². The van der Waals surface area contributed by atoms with Gasteiger partial charge < -0.3 is 10.2 Å². The molecule has 1 saturated carbocycles. The molecule has 1 aliphatic carbocycles. The molecule has 0 unspecified atom stereocenters. The van der Waals surface area contributed by atoms with Crippen molar-refractivity contribution in [3.05, 3.63) is 36.0 Å². The average Bonchev–Trinajstić information content (AvgIpc) is 3.37. The minimum absolute atomic E-state index is 0.733. The number of aromatic nitrogens is 1. The first-order chi connectivity index (χ1) is 10.4. The van der Waals surface area contributed by atoms with Crippen LogP contribution in [0.5, 0.6) is 0 Å². The number of nitrogens with zero attached hydrogens (tertiary/aromatic N) is 2. The Balaban J connectivity index is 1.70. The van der Waals surface area contributed by atoms with Gasteiger partial charge in [-0.1, -0.05) is 24.3 Å². The largest absolute Gasteiger partial charge is 0.356 e. The van der Waals surface area contributed by atoms with Crippen molar-refractivity contribution in [2.45, 2.75) is 44.7 Å². The zero-order chi connectivity index (χ0) is 14.1. The summed E-state index contributed by atoms with van der Waals surface area (Å²) < 4.78 is 0. The average molecular weight is 281 g/mol. The van der Waals surface area contributed by atoms with E-state index in [1.165, 1.54) is 54.4 Å². The predicted molar refractivity (Wildman–Crippen MR) is 87.7 cm³/mol. The van der Waals surface area contributed by atoms with Crippen molar-refractivity contribution < 1.29 is 0 Å². The van der Waals surface area contributed by atoms with E-state index in [-0.39, 0.29) is 0 Å². The van der Waals surface area contributed by atoms with Gasteiger partial charge in [-0.2, -0.15) is 0 Å². The van der Waals surface area contributed by atoms with E-state index in [9.17, 15) is 0 Å². The lowest BCUT2D eigenvalue weighted by Gasteiger charge is -2.29. The lowest BCUT2D eigenvalue weighted by Crippen LogP contribution is -2.30. The van der Waals surface area contributed by atoms with Gasteiger partial charge in [-0.25, -0.2) is 4.98 Å². The van der Waals surface area contributed by atoms with Crippen LogP contribution in [0.3, 0.4) is 0 Å². The molecule has 1 N–H and O–H groups in total. The number of piperidine rings is 1. The highest BCUT2D eigenvalue weighted by atomic mass is 15.2. The van der Waals surface area contributed by atoms with Crippen LogP contribution in [-0.4, -0.2) is 24.1 Å². The first-order valence-corrected chi connectivity index (χ1v) is 8.27. The number of anilines is 1. The fourth-order valence-electron chi connectivity index (χ4n) is 3.21. The highest BCUT2D eigenvalue weighted by molar-refractivity contribution is 5.92. The summed E-state index contributed by atoms with van der Waals surface area (Å²) in [6, 6.07) is 11.7. The van der Waals surface area contributed by atoms with Gasteiger partial charge in [0.1, 0.15) is 5.82 Å². The molecule has 1 aromatic carbocycles. The zero-order valence-electron chi connectivity index (χ0n) is 12.5. The molecule has 110 valence electrons. The quantitative estimate of drug-likeness (QED) is 0.930. The van der Waals surface area contributed by atoms with Gasteiger partial charge in [0.25, 0.3) is 0 Å². The lowest BCUT2D eigenvalue weighted by atomic mass is 10.1. The number of rotatable bonds is 4. The smallest absolute Gasteiger partial charge is 0.136 e. The summed E-state index contributed by atoms with van der Waals surface area (Å²) in [6.45, 7) is 3.20. The zero-order valence-corrected chi connectivity index (χ0v) is 12.5. The van der Waals surface area contributed by atoms with Crippen molar-refractivity contribution in [1.82, 2.24) is 10.3 Å². The van der Waals surface area contributed by atoms with Crippen molar-refractivity contribution in [2.75, 3.05) is 18.0 Å². The number of hydrogen-bond donors (Lipinski definition) is 1. The van der Waals surface area contributed by atoms with Crippen LogP contribution >= 0.6 is 0 Å². The molecule has 2 aromatic rings. The molecule has 0 bridgehead atoms. The molecule has 2 fully saturated rings. The van der Waals surface area contributed by atoms with Crippen LogP contribution in [0.1, 0.15) is 37.8 Å². The molecule has 2 heterocycles. The minimum Gasteiger partial charge on any atom is -0.356 e. The van der Waals surface area contributed by atoms with Crippen molar-refractivity contribution in [2.24, 2.45) is 0 Å². The second-order valence-corrected chi connectivity index (χ2v) is 6.36. The molecular weight excluding hydrogens is 258 g/mol. The Bertz CT molecular complexity index is 627. The van der Waals surface area contributed by atoms with E-state index in [4.69, 9.17) is 4.98 Å². The van der Waals surface area contributed by atoms with Gasteiger partial charge in [-0.15, -0.1) is 0 Å². The number of fused-ring (bicyclic) bond motifs is 1. The Kier molecular flexibility index (Phi) is 3.52. The maximum Gasteiger partial charge on any atom is 0.136 e. The van der Waals surface area contributed by atoms with Crippen molar-refractivity contribution in [1.29, 1.82) is 0 Å². The van der Waals surface area contributed by atoms with Crippen molar-refractivity contribution in [3.8, 4) is 0 Å². The number of benzene rings is 1. The molecule has 2 aliphatic rings. The van der Waals surface area contributed by atoms with Gasteiger partial charge in [0.15, 0.2) is 0 Å².